The molecule has 1 N–H and O–H groups in total. The average molecular weight is 284 g/mol. The van der Waals surface area contributed by atoms with E-state index in [0.29, 0.717) is 6.54 Å². The minimum absolute atomic E-state index is 0.198. The fourth-order valence-electron chi connectivity index (χ4n) is 2.23. The van der Waals surface area contributed by atoms with E-state index in [-0.39, 0.29) is 12.3 Å². The van der Waals surface area contributed by atoms with Gasteiger partial charge >= 0.3 is 0 Å². The molecule has 0 bridgehead atoms. The van der Waals surface area contributed by atoms with Gasteiger partial charge < -0.3 is 5.32 Å². The molecule has 0 saturated carbocycles. The molecule has 0 fully saturated rings. The summed E-state index contributed by atoms with van der Waals surface area (Å²) in [5, 5.41) is 2.35. The standard InChI is InChI=1S/C16H16N2O3/c1-12(19)15(21)18-10-14(20)16(8-5-9-17-11-16)13-6-3-2-4-7-13/h2-9H,10-11H2,1H3,(H,18,21). The van der Waals surface area contributed by atoms with Crippen molar-refractivity contribution >= 4 is 23.7 Å². The molecular weight excluding hydrogens is 268 g/mol. The Kier molecular flexibility index (Phi) is 4.42. The average Bonchev–Trinajstić information content (AvgIpc) is 2.53. The normalized spacial score (nSPS) is 20.0. The van der Waals surface area contributed by atoms with E-state index in [2.05, 4.69) is 10.3 Å². The molecule has 108 valence electrons. The van der Waals surface area contributed by atoms with Crippen molar-refractivity contribution in [3.8, 4) is 0 Å². The Morgan fingerprint density at radius 2 is 1.95 bits per heavy atom. The number of aliphatic imine (C=N–C) groups is 1. The first-order valence-electron chi connectivity index (χ1n) is 6.61. The largest absolute Gasteiger partial charge is 0.342 e. The molecule has 1 aliphatic rings. The number of nitrogens with zero attached hydrogens (tertiary/aromatic N) is 1. The van der Waals surface area contributed by atoms with Crippen molar-refractivity contribution in [3.05, 3.63) is 48.0 Å². The molecule has 1 amide bonds. The first kappa shape index (κ1) is 14.8. The van der Waals surface area contributed by atoms with Crippen LogP contribution in [0.4, 0.5) is 0 Å². The Bertz CT molecular complexity index is 620. The molecule has 1 aromatic carbocycles. The van der Waals surface area contributed by atoms with Crippen molar-refractivity contribution in [2.24, 2.45) is 4.99 Å². The van der Waals surface area contributed by atoms with E-state index in [9.17, 15) is 14.4 Å². The Morgan fingerprint density at radius 1 is 1.24 bits per heavy atom. The van der Waals surface area contributed by atoms with E-state index in [1.807, 2.05) is 30.3 Å². The molecule has 1 aliphatic heterocycles. The fourth-order valence-corrected chi connectivity index (χ4v) is 2.23. The van der Waals surface area contributed by atoms with Gasteiger partial charge in [-0.25, -0.2) is 0 Å². The number of rotatable bonds is 5. The maximum Gasteiger partial charge on any atom is 0.287 e. The topological polar surface area (TPSA) is 75.6 Å². The third-order valence-electron chi connectivity index (χ3n) is 3.43. The monoisotopic (exact) mass is 284 g/mol. The van der Waals surface area contributed by atoms with Gasteiger partial charge in [0, 0.05) is 13.1 Å². The zero-order valence-corrected chi connectivity index (χ0v) is 11.7. The molecule has 1 unspecified atom stereocenters. The number of ketones is 2. The summed E-state index contributed by atoms with van der Waals surface area (Å²) in [6, 6.07) is 9.29. The Balaban J connectivity index is 2.23. The van der Waals surface area contributed by atoms with Crippen molar-refractivity contribution in [2.75, 3.05) is 13.1 Å². The van der Waals surface area contributed by atoms with Crippen LogP contribution in [0.5, 0.6) is 0 Å². The molecule has 0 spiro atoms. The third kappa shape index (κ3) is 3.13. The number of allylic oxidation sites excluding steroid dienone is 1. The molecule has 0 saturated heterocycles. The van der Waals surface area contributed by atoms with Gasteiger partial charge in [-0.1, -0.05) is 36.4 Å². The van der Waals surface area contributed by atoms with Gasteiger partial charge in [-0.15, -0.1) is 0 Å². The lowest BCUT2D eigenvalue weighted by Gasteiger charge is -2.29. The van der Waals surface area contributed by atoms with Gasteiger partial charge in [-0.3, -0.25) is 19.4 Å². The minimum atomic E-state index is -0.889. The Hall–Kier alpha value is -2.56. The van der Waals surface area contributed by atoms with Gasteiger partial charge in [0.1, 0.15) is 0 Å². The molecule has 0 aromatic heterocycles. The van der Waals surface area contributed by atoms with Gasteiger partial charge in [-0.2, -0.15) is 0 Å². The molecule has 21 heavy (non-hydrogen) atoms. The van der Waals surface area contributed by atoms with Crippen molar-refractivity contribution < 1.29 is 14.4 Å². The van der Waals surface area contributed by atoms with Crippen molar-refractivity contribution in [1.82, 2.24) is 5.32 Å². The Labute approximate surface area is 122 Å². The predicted octanol–water partition coefficient (Wildman–Crippen LogP) is 0.839. The van der Waals surface area contributed by atoms with E-state index in [1.54, 1.807) is 18.4 Å². The van der Waals surface area contributed by atoms with Crippen LogP contribution in [0.1, 0.15) is 12.5 Å². The number of nitrogens with one attached hydrogen (secondary N) is 1. The Morgan fingerprint density at radius 3 is 2.52 bits per heavy atom. The van der Waals surface area contributed by atoms with E-state index < -0.39 is 17.1 Å². The van der Waals surface area contributed by atoms with Crippen LogP contribution in [0.2, 0.25) is 0 Å². The number of benzene rings is 1. The van der Waals surface area contributed by atoms with Crippen LogP contribution < -0.4 is 5.32 Å². The van der Waals surface area contributed by atoms with Gasteiger partial charge in [0.15, 0.2) is 5.78 Å². The number of hydrogen-bond acceptors (Lipinski definition) is 4. The molecule has 0 radical (unpaired) electrons. The van der Waals surface area contributed by atoms with Crippen LogP contribution in [-0.4, -0.2) is 36.8 Å². The van der Waals surface area contributed by atoms with Crippen LogP contribution in [0.25, 0.3) is 0 Å². The van der Waals surface area contributed by atoms with E-state index >= 15 is 0 Å². The zero-order valence-electron chi connectivity index (χ0n) is 11.7. The van der Waals surface area contributed by atoms with Gasteiger partial charge in [0.2, 0.25) is 5.78 Å². The minimum Gasteiger partial charge on any atom is -0.342 e. The second kappa shape index (κ2) is 6.26. The van der Waals surface area contributed by atoms with E-state index in [1.165, 1.54) is 0 Å². The summed E-state index contributed by atoms with van der Waals surface area (Å²) in [4.78, 5) is 39.0. The first-order valence-corrected chi connectivity index (χ1v) is 6.61. The quantitative estimate of drug-likeness (QED) is 0.814. The van der Waals surface area contributed by atoms with Crippen LogP contribution in [0.3, 0.4) is 0 Å². The van der Waals surface area contributed by atoms with Gasteiger partial charge in [0.25, 0.3) is 5.91 Å². The summed E-state index contributed by atoms with van der Waals surface area (Å²) in [5.74, 6) is -1.57. The summed E-state index contributed by atoms with van der Waals surface area (Å²) < 4.78 is 0. The van der Waals surface area contributed by atoms with Crippen molar-refractivity contribution in [1.29, 1.82) is 0 Å². The molecule has 0 aliphatic carbocycles. The number of carbonyl (C=O) groups is 3. The number of hydrogen-bond donors (Lipinski definition) is 1. The molecule has 5 nitrogen and oxygen atoms in total. The van der Waals surface area contributed by atoms with Crippen LogP contribution in [-0.2, 0) is 19.8 Å². The lowest BCUT2D eigenvalue weighted by atomic mass is 9.75. The molecule has 1 aromatic rings. The molecule has 2 rings (SSSR count). The lowest BCUT2D eigenvalue weighted by Crippen LogP contribution is -2.45. The lowest BCUT2D eigenvalue weighted by molar-refractivity contribution is -0.137. The molecule has 5 heteroatoms. The van der Waals surface area contributed by atoms with Gasteiger partial charge in [0.05, 0.1) is 18.5 Å². The van der Waals surface area contributed by atoms with Gasteiger partial charge in [-0.05, 0) is 11.6 Å². The number of amides is 1. The summed E-state index contributed by atoms with van der Waals surface area (Å²) in [5.41, 5.74) is -0.0692. The van der Waals surface area contributed by atoms with E-state index in [0.717, 1.165) is 12.5 Å². The summed E-state index contributed by atoms with van der Waals surface area (Å²) >= 11 is 0. The fraction of sp³-hybridized carbons (Fsp3) is 0.250. The summed E-state index contributed by atoms with van der Waals surface area (Å²) in [6.07, 6.45) is 5.15. The number of dihydropyridines is 1. The summed E-state index contributed by atoms with van der Waals surface area (Å²) in [7, 11) is 0. The number of carbonyl (C=O) groups excluding carboxylic acids is 3. The highest BCUT2D eigenvalue weighted by Gasteiger charge is 2.38. The highest BCUT2D eigenvalue weighted by molar-refractivity contribution is 6.35. The van der Waals surface area contributed by atoms with E-state index in [4.69, 9.17) is 0 Å². The van der Waals surface area contributed by atoms with Crippen LogP contribution in [0.15, 0.2) is 47.5 Å². The first-order chi connectivity index (χ1) is 10.1. The predicted molar refractivity (Wildman–Crippen MR) is 79.3 cm³/mol. The number of Topliss-reactive ketones (excluding diaryl/α,β-unsaturated/α-hetero) is 2. The maximum absolute atomic E-state index is 12.6. The third-order valence-corrected chi connectivity index (χ3v) is 3.43. The van der Waals surface area contributed by atoms with Crippen molar-refractivity contribution in [3.63, 3.8) is 0 Å². The highest BCUT2D eigenvalue weighted by Crippen LogP contribution is 2.29. The second-order valence-corrected chi connectivity index (χ2v) is 4.85. The molecular formula is C16H16N2O3. The SMILES string of the molecule is CC(=O)C(=O)NCC(=O)C1(c2ccccc2)C=CC=NC1. The van der Waals surface area contributed by atoms with Crippen LogP contribution in [0, 0.1) is 0 Å². The zero-order chi connectivity index (χ0) is 15.3. The maximum atomic E-state index is 12.6. The molecule has 1 atom stereocenters. The van der Waals surface area contributed by atoms with Crippen LogP contribution >= 0.6 is 0 Å². The van der Waals surface area contributed by atoms with Crippen molar-refractivity contribution in [2.45, 2.75) is 12.3 Å². The second-order valence-electron chi connectivity index (χ2n) is 4.85. The smallest absolute Gasteiger partial charge is 0.287 e. The molecule has 1 heterocycles. The summed E-state index contributed by atoms with van der Waals surface area (Å²) in [6.45, 7) is 1.26. The highest BCUT2D eigenvalue weighted by atomic mass is 16.2.